The highest BCUT2D eigenvalue weighted by atomic mass is 14.9. The van der Waals surface area contributed by atoms with Gasteiger partial charge in [-0.2, -0.15) is 0 Å². The molecule has 0 aliphatic rings. The van der Waals surface area contributed by atoms with E-state index in [1.165, 1.54) is 11.1 Å². The smallest absolute Gasteiger partial charge is 0.0420 e. The summed E-state index contributed by atoms with van der Waals surface area (Å²) in [6.45, 7) is 11.4. The molecule has 0 radical (unpaired) electrons. The van der Waals surface area contributed by atoms with Crippen molar-refractivity contribution in [3.05, 3.63) is 41.7 Å². The molecule has 0 aromatic carbocycles. The maximum atomic E-state index is 4.37. The van der Waals surface area contributed by atoms with Crippen molar-refractivity contribution in [3.63, 3.8) is 0 Å². The Morgan fingerprint density at radius 3 is 2.88 bits per heavy atom. The molecule has 0 aliphatic heterocycles. The fourth-order valence-electron chi connectivity index (χ4n) is 1.94. The Morgan fingerprint density at radius 1 is 1.53 bits per heavy atom. The van der Waals surface area contributed by atoms with Crippen LogP contribution >= 0.6 is 0 Å². The van der Waals surface area contributed by atoms with Crippen molar-refractivity contribution >= 4 is 0 Å². The third kappa shape index (κ3) is 4.70. The minimum atomic E-state index is 0.403. The van der Waals surface area contributed by atoms with Gasteiger partial charge in [0.05, 0.1) is 0 Å². The van der Waals surface area contributed by atoms with Gasteiger partial charge in [0.2, 0.25) is 0 Å². The van der Waals surface area contributed by atoms with E-state index in [2.05, 4.69) is 43.7 Å². The van der Waals surface area contributed by atoms with Gasteiger partial charge in [0, 0.05) is 17.9 Å². The van der Waals surface area contributed by atoms with Crippen molar-refractivity contribution in [2.45, 2.75) is 46.1 Å². The van der Waals surface area contributed by atoms with Gasteiger partial charge in [0.15, 0.2) is 0 Å². The molecule has 1 rings (SSSR count). The molecule has 1 aromatic heterocycles. The number of aromatic nitrogens is 1. The Labute approximate surface area is 105 Å². The molecule has 0 bridgehead atoms. The van der Waals surface area contributed by atoms with Crippen molar-refractivity contribution < 1.29 is 0 Å². The summed E-state index contributed by atoms with van der Waals surface area (Å²) in [4.78, 5) is 4.37. The van der Waals surface area contributed by atoms with Crippen LogP contribution in [-0.4, -0.2) is 11.5 Å². The molecule has 0 saturated heterocycles. The molecule has 1 N–H and O–H groups in total. The van der Waals surface area contributed by atoms with Gasteiger partial charge in [-0.15, -0.1) is 6.58 Å². The quantitative estimate of drug-likeness (QED) is 0.724. The largest absolute Gasteiger partial charge is 0.310 e. The third-order valence-electron chi connectivity index (χ3n) is 2.92. The van der Waals surface area contributed by atoms with Crippen LogP contribution in [0.3, 0.4) is 0 Å². The van der Waals surface area contributed by atoms with Crippen LogP contribution in [0.25, 0.3) is 0 Å². The fourth-order valence-corrected chi connectivity index (χ4v) is 1.94. The van der Waals surface area contributed by atoms with Gasteiger partial charge in [-0.05, 0) is 51.3 Å². The van der Waals surface area contributed by atoms with E-state index in [1.807, 2.05) is 12.3 Å². The van der Waals surface area contributed by atoms with Gasteiger partial charge < -0.3 is 5.32 Å². The number of pyridine rings is 1. The third-order valence-corrected chi connectivity index (χ3v) is 2.92. The molecule has 0 spiro atoms. The predicted molar refractivity (Wildman–Crippen MR) is 74.1 cm³/mol. The molecule has 1 heterocycles. The topological polar surface area (TPSA) is 24.9 Å². The Balaban J connectivity index is 2.74. The summed E-state index contributed by atoms with van der Waals surface area (Å²) in [6, 6.07) is 4.60. The minimum Gasteiger partial charge on any atom is -0.310 e. The predicted octanol–water partition coefficient (Wildman–Crippen LogP) is 3.79. The Morgan fingerprint density at radius 2 is 2.29 bits per heavy atom. The molecule has 1 aromatic rings. The molecule has 1 unspecified atom stereocenters. The Hall–Kier alpha value is -1.15. The van der Waals surface area contributed by atoms with E-state index >= 15 is 0 Å². The molecule has 0 fully saturated rings. The summed E-state index contributed by atoms with van der Waals surface area (Å²) in [5.41, 5.74) is 3.69. The number of hydrogen-bond donors (Lipinski definition) is 1. The minimum absolute atomic E-state index is 0.403. The molecule has 0 saturated carbocycles. The lowest BCUT2D eigenvalue weighted by Crippen LogP contribution is -2.23. The lowest BCUT2D eigenvalue weighted by molar-refractivity contribution is 0.495. The van der Waals surface area contributed by atoms with Crippen molar-refractivity contribution in [3.8, 4) is 0 Å². The Bertz CT molecular complexity index is 358. The molecule has 94 valence electrons. The van der Waals surface area contributed by atoms with E-state index in [4.69, 9.17) is 0 Å². The van der Waals surface area contributed by atoms with Gasteiger partial charge in [0.25, 0.3) is 0 Å². The molecular formula is C15H24N2. The fraction of sp³-hybridized carbons (Fsp3) is 0.533. The Kier molecular flexibility index (Phi) is 5.92. The second kappa shape index (κ2) is 7.23. The zero-order valence-corrected chi connectivity index (χ0v) is 11.3. The first kappa shape index (κ1) is 13.9. The first-order valence-electron chi connectivity index (χ1n) is 6.44. The summed E-state index contributed by atoms with van der Waals surface area (Å²) in [7, 11) is 0. The normalized spacial score (nSPS) is 12.4. The van der Waals surface area contributed by atoms with Gasteiger partial charge >= 0.3 is 0 Å². The highest BCUT2D eigenvalue weighted by Crippen LogP contribution is 2.22. The van der Waals surface area contributed by atoms with Crippen molar-refractivity contribution in [2.24, 2.45) is 0 Å². The van der Waals surface area contributed by atoms with Crippen LogP contribution in [0.1, 0.15) is 50.4 Å². The molecule has 2 nitrogen and oxygen atoms in total. The van der Waals surface area contributed by atoms with Crippen LogP contribution < -0.4 is 5.32 Å². The van der Waals surface area contributed by atoms with Gasteiger partial charge in [-0.1, -0.05) is 18.6 Å². The molecule has 17 heavy (non-hydrogen) atoms. The molecule has 0 aliphatic carbocycles. The van der Waals surface area contributed by atoms with E-state index in [0.29, 0.717) is 6.04 Å². The highest BCUT2D eigenvalue weighted by molar-refractivity contribution is 5.22. The number of aryl methyl sites for hydroxylation is 1. The van der Waals surface area contributed by atoms with E-state index in [-0.39, 0.29) is 0 Å². The van der Waals surface area contributed by atoms with E-state index in [0.717, 1.165) is 31.5 Å². The maximum absolute atomic E-state index is 4.37. The number of hydrogen-bond acceptors (Lipinski definition) is 2. The molecule has 0 amide bonds. The first-order chi connectivity index (χ1) is 8.15. The summed E-state index contributed by atoms with van der Waals surface area (Å²) in [6.07, 6.45) is 5.18. The van der Waals surface area contributed by atoms with Crippen molar-refractivity contribution in [1.82, 2.24) is 10.3 Å². The van der Waals surface area contributed by atoms with Gasteiger partial charge in [-0.25, -0.2) is 0 Å². The van der Waals surface area contributed by atoms with Crippen molar-refractivity contribution in [1.29, 1.82) is 0 Å². The van der Waals surface area contributed by atoms with E-state index in [1.54, 1.807) is 0 Å². The van der Waals surface area contributed by atoms with Crippen LogP contribution in [0.5, 0.6) is 0 Å². The SMILES string of the molecule is C=C(C)CCC(NCCC)c1cccnc1C. The first-order valence-corrected chi connectivity index (χ1v) is 6.44. The van der Waals surface area contributed by atoms with Crippen LogP contribution in [0.15, 0.2) is 30.5 Å². The van der Waals surface area contributed by atoms with Crippen LogP contribution in [0.4, 0.5) is 0 Å². The maximum Gasteiger partial charge on any atom is 0.0420 e. The second-order valence-electron chi connectivity index (χ2n) is 4.68. The molecular weight excluding hydrogens is 208 g/mol. The standard InChI is InChI=1S/C15H24N2/c1-5-10-17-15(9-8-12(2)3)14-7-6-11-16-13(14)4/h6-7,11,15,17H,2,5,8-10H2,1,3-4H3. The van der Waals surface area contributed by atoms with Gasteiger partial charge in [0.1, 0.15) is 0 Å². The zero-order valence-electron chi connectivity index (χ0n) is 11.3. The van der Waals surface area contributed by atoms with Crippen LogP contribution in [0, 0.1) is 6.92 Å². The average molecular weight is 232 g/mol. The zero-order chi connectivity index (χ0) is 12.7. The summed E-state index contributed by atoms with van der Waals surface area (Å²) < 4.78 is 0. The van der Waals surface area contributed by atoms with E-state index in [9.17, 15) is 0 Å². The molecule has 2 heteroatoms. The summed E-state index contributed by atoms with van der Waals surface area (Å²) >= 11 is 0. The monoisotopic (exact) mass is 232 g/mol. The average Bonchev–Trinajstić information content (AvgIpc) is 2.30. The lowest BCUT2D eigenvalue weighted by Gasteiger charge is -2.20. The number of nitrogens with one attached hydrogen (secondary N) is 1. The summed E-state index contributed by atoms with van der Waals surface area (Å²) in [5, 5.41) is 3.60. The van der Waals surface area contributed by atoms with Crippen molar-refractivity contribution in [2.75, 3.05) is 6.54 Å². The summed E-state index contributed by atoms with van der Waals surface area (Å²) in [5.74, 6) is 0. The number of nitrogens with zero attached hydrogens (tertiary/aromatic N) is 1. The number of allylic oxidation sites excluding steroid dienone is 1. The van der Waals surface area contributed by atoms with Gasteiger partial charge in [-0.3, -0.25) is 4.98 Å². The van der Waals surface area contributed by atoms with Crippen LogP contribution in [0.2, 0.25) is 0 Å². The van der Waals surface area contributed by atoms with E-state index < -0.39 is 0 Å². The highest BCUT2D eigenvalue weighted by Gasteiger charge is 2.12. The second-order valence-corrected chi connectivity index (χ2v) is 4.68. The van der Waals surface area contributed by atoms with Crippen LogP contribution in [-0.2, 0) is 0 Å². The molecule has 1 atom stereocenters. The lowest BCUT2D eigenvalue weighted by atomic mass is 9.99. The number of rotatable bonds is 7.